The van der Waals surface area contributed by atoms with E-state index in [1.165, 1.54) is 24.0 Å². The van der Waals surface area contributed by atoms with E-state index in [0.29, 0.717) is 18.3 Å². The highest BCUT2D eigenvalue weighted by Crippen LogP contribution is 2.25. The number of rotatable bonds is 6. The predicted octanol–water partition coefficient (Wildman–Crippen LogP) is 3.41. The number of benzene rings is 1. The fourth-order valence-electron chi connectivity index (χ4n) is 3.45. The van der Waals surface area contributed by atoms with Gasteiger partial charge < -0.3 is 10.2 Å². The van der Waals surface area contributed by atoms with E-state index in [-0.39, 0.29) is 11.9 Å². The molecule has 2 rings (SSSR count). The van der Waals surface area contributed by atoms with Crippen molar-refractivity contribution in [2.24, 2.45) is 11.8 Å². The number of nitrogens with one attached hydrogen (secondary N) is 1. The number of nitrogens with zero attached hydrogens (tertiary/aromatic N) is 1. The standard InChI is InChI=1S/C20H32N2O/c1-15-5-7-18(8-6-15)14-17(3)22(4)20(23)13-16(2)19-9-11-21-12-10-19/h5-8,16-17,19,21H,9-14H2,1-4H3. The Kier molecular flexibility index (Phi) is 6.64. The number of piperidine rings is 1. The van der Waals surface area contributed by atoms with Crippen molar-refractivity contribution in [3.05, 3.63) is 35.4 Å². The van der Waals surface area contributed by atoms with Crippen LogP contribution < -0.4 is 5.32 Å². The van der Waals surface area contributed by atoms with Gasteiger partial charge in [-0.3, -0.25) is 4.79 Å². The summed E-state index contributed by atoms with van der Waals surface area (Å²) < 4.78 is 0. The summed E-state index contributed by atoms with van der Waals surface area (Å²) >= 11 is 0. The fourth-order valence-corrected chi connectivity index (χ4v) is 3.45. The van der Waals surface area contributed by atoms with E-state index in [4.69, 9.17) is 0 Å². The second-order valence-electron chi connectivity index (χ2n) is 7.31. The average Bonchev–Trinajstić information content (AvgIpc) is 2.56. The molecular weight excluding hydrogens is 284 g/mol. The molecule has 3 heteroatoms. The minimum atomic E-state index is 0.241. The van der Waals surface area contributed by atoms with Gasteiger partial charge in [0, 0.05) is 19.5 Å². The lowest BCUT2D eigenvalue weighted by Gasteiger charge is -2.31. The highest BCUT2D eigenvalue weighted by atomic mass is 16.2. The lowest BCUT2D eigenvalue weighted by atomic mass is 9.84. The van der Waals surface area contributed by atoms with Crippen molar-refractivity contribution in [2.45, 2.75) is 52.5 Å². The third-order valence-electron chi connectivity index (χ3n) is 5.39. The maximum atomic E-state index is 12.6. The number of carbonyl (C=O) groups is 1. The topological polar surface area (TPSA) is 32.3 Å². The molecule has 1 N–H and O–H groups in total. The van der Waals surface area contributed by atoms with Crippen LogP contribution in [0.5, 0.6) is 0 Å². The molecule has 0 bridgehead atoms. The van der Waals surface area contributed by atoms with E-state index < -0.39 is 0 Å². The van der Waals surface area contributed by atoms with Crippen LogP contribution in [0.25, 0.3) is 0 Å². The second kappa shape index (κ2) is 8.49. The summed E-state index contributed by atoms with van der Waals surface area (Å²) in [5, 5.41) is 3.40. The van der Waals surface area contributed by atoms with Crippen LogP contribution in [0.4, 0.5) is 0 Å². The summed E-state index contributed by atoms with van der Waals surface area (Å²) in [5.74, 6) is 1.47. The first-order valence-electron chi connectivity index (χ1n) is 8.99. The zero-order valence-corrected chi connectivity index (χ0v) is 15.1. The van der Waals surface area contributed by atoms with Crippen molar-refractivity contribution >= 4 is 5.91 Å². The smallest absolute Gasteiger partial charge is 0.222 e. The van der Waals surface area contributed by atoms with Crippen LogP contribution in [0.1, 0.15) is 44.2 Å². The van der Waals surface area contributed by atoms with Crippen molar-refractivity contribution in [1.29, 1.82) is 0 Å². The molecule has 128 valence electrons. The van der Waals surface area contributed by atoms with Crippen molar-refractivity contribution in [3.63, 3.8) is 0 Å². The van der Waals surface area contributed by atoms with Gasteiger partial charge in [0.1, 0.15) is 0 Å². The van der Waals surface area contributed by atoms with Gasteiger partial charge in [0.2, 0.25) is 5.91 Å². The van der Waals surface area contributed by atoms with Crippen LogP contribution in [0.15, 0.2) is 24.3 Å². The van der Waals surface area contributed by atoms with Crippen molar-refractivity contribution in [2.75, 3.05) is 20.1 Å². The molecular formula is C20H32N2O. The Labute approximate surface area is 141 Å². The summed E-state index contributed by atoms with van der Waals surface area (Å²) in [4.78, 5) is 14.5. The van der Waals surface area contributed by atoms with E-state index in [2.05, 4.69) is 50.4 Å². The molecule has 2 unspecified atom stereocenters. The summed E-state index contributed by atoms with van der Waals surface area (Å²) in [6, 6.07) is 8.86. The SMILES string of the molecule is Cc1ccc(CC(C)N(C)C(=O)CC(C)C2CCNCC2)cc1. The Balaban J connectivity index is 1.84. The van der Waals surface area contributed by atoms with Crippen molar-refractivity contribution < 1.29 is 4.79 Å². The second-order valence-corrected chi connectivity index (χ2v) is 7.31. The van der Waals surface area contributed by atoms with Crippen LogP contribution in [-0.4, -0.2) is 37.0 Å². The van der Waals surface area contributed by atoms with Crippen LogP contribution in [0, 0.1) is 18.8 Å². The van der Waals surface area contributed by atoms with E-state index in [1.54, 1.807) is 0 Å². The maximum Gasteiger partial charge on any atom is 0.222 e. The third kappa shape index (κ3) is 5.35. The zero-order chi connectivity index (χ0) is 16.8. The molecule has 0 radical (unpaired) electrons. The molecule has 1 amide bonds. The van der Waals surface area contributed by atoms with Gasteiger partial charge in [-0.15, -0.1) is 0 Å². The molecule has 1 aromatic carbocycles. The number of hydrogen-bond donors (Lipinski definition) is 1. The van der Waals surface area contributed by atoms with Crippen LogP contribution >= 0.6 is 0 Å². The number of aryl methyl sites for hydroxylation is 1. The van der Waals surface area contributed by atoms with Gasteiger partial charge >= 0.3 is 0 Å². The molecule has 1 heterocycles. The minimum Gasteiger partial charge on any atom is -0.343 e. The van der Waals surface area contributed by atoms with E-state index >= 15 is 0 Å². The van der Waals surface area contributed by atoms with Crippen molar-refractivity contribution in [3.8, 4) is 0 Å². The molecule has 23 heavy (non-hydrogen) atoms. The monoisotopic (exact) mass is 316 g/mol. The molecule has 1 saturated heterocycles. The van der Waals surface area contributed by atoms with Crippen LogP contribution in [-0.2, 0) is 11.2 Å². The number of hydrogen-bond acceptors (Lipinski definition) is 2. The molecule has 0 aromatic heterocycles. The molecule has 0 spiro atoms. The molecule has 1 aromatic rings. The lowest BCUT2D eigenvalue weighted by molar-refractivity contribution is -0.133. The van der Waals surface area contributed by atoms with E-state index in [0.717, 1.165) is 19.5 Å². The number of carbonyl (C=O) groups excluding carboxylic acids is 1. The zero-order valence-electron chi connectivity index (χ0n) is 15.1. The van der Waals surface area contributed by atoms with Gasteiger partial charge in [-0.1, -0.05) is 36.8 Å². The lowest BCUT2D eigenvalue weighted by Crippen LogP contribution is -2.38. The van der Waals surface area contributed by atoms with Crippen LogP contribution in [0.2, 0.25) is 0 Å². The van der Waals surface area contributed by atoms with Crippen molar-refractivity contribution in [1.82, 2.24) is 10.2 Å². The van der Waals surface area contributed by atoms with Gasteiger partial charge in [0.15, 0.2) is 0 Å². The highest BCUT2D eigenvalue weighted by molar-refractivity contribution is 5.76. The van der Waals surface area contributed by atoms with Gasteiger partial charge in [0.25, 0.3) is 0 Å². The Bertz CT molecular complexity index is 491. The third-order valence-corrected chi connectivity index (χ3v) is 5.39. The summed E-state index contributed by atoms with van der Waals surface area (Å²) in [6.45, 7) is 8.69. The normalized spacial score (nSPS) is 18.4. The first-order chi connectivity index (χ1) is 11.0. The first kappa shape index (κ1) is 18.0. The predicted molar refractivity (Wildman–Crippen MR) is 96.5 cm³/mol. The molecule has 1 aliphatic heterocycles. The number of amides is 1. The van der Waals surface area contributed by atoms with Gasteiger partial charge in [-0.2, -0.15) is 0 Å². The Morgan fingerprint density at radius 1 is 1.22 bits per heavy atom. The molecule has 1 aliphatic rings. The largest absolute Gasteiger partial charge is 0.343 e. The summed E-state index contributed by atoms with van der Waals surface area (Å²) in [5.41, 5.74) is 2.58. The highest BCUT2D eigenvalue weighted by Gasteiger charge is 2.24. The molecule has 1 fully saturated rings. The molecule has 2 atom stereocenters. The minimum absolute atomic E-state index is 0.241. The fraction of sp³-hybridized carbons (Fsp3) is 0.650. The quantitative estimate of drug-likeness (QED) is 0.872. The first-order valence-corrected chi connectivity index (χ1v) is 8.99. The molecule has 0 saturated carbocycles. The van der Waals surface area contributed by atoms with Crippen LogP contribution in [0.3, 0.4) is 0 Å². The Morgan fingerprint density at radius 2 is 1.83 bits per heavy atom. The van der Waals surface area contributed by atoms with Gasteiger partial charge in [-0.25, -0.2) is 0 Å². The maximum absolute atomic E-state index is 12.6. The average molecular weight is 316 g/mol. The van der Waals surface area contributed by atoms with E-state index in [1.807, 2.05) is 11.9 Å². The summed E-state index contributed by atoms with van der Waals surface area (Å²) in [7, 11) is 1.95. The summed E-state index contributed by atoms with van der Waals surface area (Å²) in [6.07, 6.45) is 4.01. The van der Waals surface area contributed by atoms with E-state index in [9.17, 15) is 4.79 Å². The Morgan fingerprint density at radius 3 is 2.43 bits per heavy atom. The Hall–Kier alpha value is -1.35. The molecule has 0 aliphatic carbocycles. The number of likely N-dealkylation sites (N-methyl/N-ethyl adjacent to an activating group) is 1. The van der Waals surface area contributed by atoms with Gasteiger partial charge in [0.05, 0.1) is 0 Å². The molecule has 3 nitrogen and oxygen atoms in total. The van der Waals surface area contributed by atoms with Gasteiger partial charge in [-0.05, 0) is 63.6 Å².